The molecule has 2 atom stereocenters. The molecule has 0 aromatic heterocycles. The van der Waals surface area contributed by atoms with Crippen LogP contribution in [-0.4, -0.2) is 16.7 Å². The van der Waals surface area contributed by atoms with Crippen LogP contribution in [0, 0.1) is 5.92 Å². The van der Waals surface area contributed by atoms with Crippen molar-refractivity contribution in [1.29, 1.82) is 0 Å². The molecule has 1 heterocycles. The van der Waals surface area contributed by atoms with Crippen molar-refractivity contribution < 1.29 is 9.53 Å². The number of hydrogen-bond donors (Lipinski definition) is 0. The highest BCUT2D eigenvalue weighted by Gasteiger charge is 2.33. The Kier molecular flexibility index (Phi) is 2.24. The summed E-state index contributed by atoms with van der Waals surface area (Å²) in [6.07, 6.45) is 0. The van der Waals surface area contributed by atoms with Crippen molar-refractivity contribution in [2.45, 2.75) is 31.5 Å². The molecular weight excluding hydrogens is 148 g/mol. The van der Waals surface area contributed by atoms with Crippen LogP contribution < -0.4 is 0 Å². The van der Waals surface area contributed by atoms with Crippen LogP contribution in [0.5, 0.6) is 0 Å². The van der Waals surface area contributed by atoms with E-state index < -0.39 is 0 Å². The number of hydrogen-bond acceptors (Lipinski definition) is 3. The molecule has 58 valence electrons. The predicted molar refractivity (Wildman–Crippen MR) is 41.8 cm³/mol. The minimum atomic E-state index is -0.0660. The van der Waals surface area contributed by atoms with Crippen LogP contribution in [0.1, 0.15) is 20.8 Å². The third-order valence-corrected chi connectivity index (χ3v) is 2.96. The van der Waals surface area contributed by atoms with E-state index in [1.807, 2.05) is 6.92 Å². The molecule has 0 radical (unpaired) electrons. The van der Waals surface area contributed by atoms with Gasteiger partial charge in [0.25, 0.3) is 0 Å². The highest BCUT2D eigenvalue weighted by molar-refractivity contribution is 8.01. The Balaban J connectivity index is 2.49. The maximum Gasteiger partial charge on any atom is 0.320 e. The molecule has 0 bridgehead atoms. The largest absolute Gasteiger partial charge is 0.450 e. The smallest absolute Gasteiger partial charge is 0.320 e. The molecule has 10 heavy (non-hydrogen) atoms. The molecule has 1 aliphatic rings. The zero-order valence-electron chi connectivity index (χ0n) is 6.46. The lowest BCUT2D eigenvalue weighted by molar-refractivity contribution is -0.143. The molecule has 1 aliphatic heterocycles. The standard InChI is InChI=1S/C7H12O2S/c1-4(2)7-9-6(8)5(3)10-7/h4-5,7H,1-3H3. The van der Waals surface area contributed by atoms with E-state index in [0.29, 0.717) is 5.92 Å². The van der Waals surface area contributed by atoms with Gasteiger partial charge in [0.2, 0.25) is 0 Å². The van der Waals surface area contributed by atoms with Gasteiger partial charge in [-0.15, -0.1) is 11.8 Å². The first-order valence-corrected chi connectivity index (χ1v) is 4.41. The van der Waals surface area contributed by atoms with E-state index in [-0.39, 0.29) is 16.7 Å². The van der Waals surface area contributed by atoms with Crippen molar-refractivity contribution >= 4 is 17.7 Å². The fourth-order valence-electron chi connectivity index (χ4n) is 0.788. The van der Waals surface area contributed by atoms with Crippen LogP contribution in [0.4, 0.5) is 0 Å². The summed E-state index contributed by atoms with van der Waals surface area (Å²) >= 11 is 1.61. The first-order chi connectivity index (χ1) is 4.61. The van der Waals surface area contributed by atoms with Crippen molar-refractivity contribution in [3.8, 4) is 0 Å². The Morgan fingerprint density at radius 2 is 2.20 bits per heavy atom. The Morgan fingerprint density at radius 1 is 1.60 bits per heavy atom. The normalized spacial score (nSPS) is 33.0. The third kappa shape index (κ3) is 1.45. The first kappa shape index (κ1) is 7.92. The number of thioether (sulfide) groups is 1. The van der Waals surface area contributed by atoms with Crippen LogP contribution in [0.3, 0.4) is 0 Å². The number of rotatable bonds is 1. The summed E-state index contributed by atoms with van der Waals surface area (Å²) in [7, 11) is 0. The lowest BCUT2D eigenvalue weighted by atomic mass is 10.2. The maximum atomic E-state index is 10.8. The molecular formula is C7H12O2S. The molecule has 0 aliphatic carbocycles. The van der Waals surface area contributed by atoms with Gasteiger partial charge in [-0.1, -0.05) is 13.8 Å². The second-order valence-corrected chi connectivity index (χ2v) is 4.27. The Labute approximate surface area is 65.3 Å². The van der Waals surface area contributed by atoms with Crippen LogP contribution in [0.15, 0.2) is 0 Å². The van der Waals surface area contributed by atoms with E-state index in [9.17, 15) is 4.79 Å². The number of cyclic esters (lactones) is 1. The fourth-order valence-corrected chi connectivity index (χ4v) is 1.82. The highest BCUT2D eigenvalue weighted by atomic mass is 32.2. The highest BCUT2D eigenvalue weighted by Crippen LogP contribution is 2.32. The molecule has 0 aromatic rings. The van der Waals surface area contributed by atoms with Crippen LogP contribution in [0.2, 0.25) is 0 Å². The predicted octanol–water partition coefficient (Wildman–Crippen LogP) is 1.65. The zero-order chi connectivity index (χ0) is 7.72. The van der Waals surface area contributed by atoms with Crippen molar-refractivity contribution in [3.05, 3.63) is 0 Å². The van der Waals surface area contributed by atoms with E-state index in [4.69, 9.17) is 4.74 Å². The van der Waals surface area contributed by atoms with Crippen LogP contribution in [-0.2, 0) is 9.53 Å². The topological polar surface area (TPSA) is 26.3 Å². The summed E-state index contributed by atoms with van der Waals surface area (Å²) in [4.78, 5) is 10.8. The zero-order valence-corrected chi connectivity index (χ0v) is 7.27. The van der Waals surface area contributed by atoms with Crippen molar-refractivity contribution in [2.24, 2.45) is 5.92 Å². The van der Waals surface area contributed by atoms with Crippen molar-refractivity contribution in [2.75, 3.05) is 0 Å². The molecule has 1 rings (SSSR count). The Bertz CT molecular complexity index is 145. The van der Waals surface area contributed by atoms with Crippen LogP contribution >= 0.6 is 11.8 Å². The van der Waals surface area contributed by atoms with Gasteiger partial charge < -0.3 is 4.74 Å². The molecule has 0 spiro atoms. The van der Waals surface area contributed by atoms with E-state index in [1.165, 1.54) is 0 Å². The molecule has 1 fully saturated rings. The average Bonchev–Trinajstić information content (AvgIpc) is 2.13. The van der Waals surface area contributed by atoms with Gasteiger partial charge in [0, 0.05) is 0 Å². The molecule has 3 heteroatoms. The number of carbonyl (C=O) groups excluding carboxylic acids is 1. The van der Waals surface area contributed by atoms with Gasteiger partial charge in [0.1, 0.15) is 5.25 Å². The quantitative estimate of drug-likeness (QED) is 0.545. The maximum absolute atomic E-state index is 10.8. The SMILES string of the molecule is CC1SC(C(C)C)OC1=O. The minimum absolute atomic E-state index is 0.0346. The first-order valence-electron chi connectivity index (χ1n) is 3.47. The Hall–Kier alpha value is -0.180. The van der Waals surface area contributed by atoms with Gasteiger partial charge in [-0.2, -0.15) is 0 Å². The lowest BCUT2D eigenvalue weighted by Crippen LogP contribution is -2.12. The van der Waals surface area contributed by atoms with Crippen molar-refractivity contribution in [1.82, 2.24) is 0 Å². The molecule has 0 amide bonds. The summed E-state index contributed by atoms with van der Waals surface area (Å²) in [6.45, 7) is 6.00. The van der Waals surface area contributed by atoms with Gasteiger partial charge >= 0.3 is 5.97 Å². The van der Waals surface area contributed by atoms with E-state index in [0.717, 1.165) is 0 Å². The van der Waals surface area contributed by atoms with Crippen LogP contribution in [0.25, 0.3) is 0 Å². The fraction of sp³-hybridized carbons (Fsp3) is 0.857. The monoisotopic (exact) mass is 160 g/mol. The molecule has 2 nitrogen and oxygen atoms in total. The van der Waals surface area contributed by atoms with E-state index >= 15 is 0 Å². The molecule has 1 saturated heterocycles. The van der Waals surface area contributed by atoms with Gasteiger partial charge in [-0.3, -0.25) is 4.79 Å². The van der Waals surface area contributed by atoms with Gasteiger partial charge in [0.15, 0.2) is 5.44 Å². The molecule has 2 unspecified atom stereocenters. The average molecular weight is 160 g/mol. The second-order valence-electron chi connectivity index (χ2n) is 2.83. The molecule has 0 N–H and O–H groups in total. The third-order valence-electron chi connectivity index (χ3n) is 1.45. The molecule has 0 aromatic carbocycles. The van der Waals surface area contributed by atoms with Gasteiger partial charge in [-0.05, 0) is 12.8 Å². The van der Waals surface area contributed by atoms with E-state index in [1.54, 1.807) is 11.8 Å². The second kappa shape index (κ2) is 2.82. The summed E-state index contributed by atoms with van der Waals surface area (Å²) in [6, 6.07) is 0. The van der Waals surface area contributed by atoms with Crippen molar-refractivity contribution in [3.63, 3.8) is 0 Å². The van der Waals surface area contributed by atoms with Gasteiger partial charge in [0.05, 0.1) is 0 Å². The summed E-state index contributed by atoms with van der Waals surface area (Å²) in [5, 5.41) is 0.0346. The summed E-state index contributed by atoms with van der Waals surface area (Å²) < 4.78 is 5.06. The summed E-state index contributed by atoms with van der Waals surface area (Å²) in [5.74, 6) is 0.364. The Morgan fingerprint density at radius 3 is 2.40 bits per heavy atom. The number of carbonyl (C=O) groups is 1. The minimum Gasteiger partial charge on any atom is -0.450 e. The number of esters is 1. The number of ether oxygens (including phenoxy) is 1. The summed E-state index contributed by atoms with van der Waals surface area (Å²) in [5.41, 5.74) is 0.0856. The van der Waals surface area contributed by atoms with Gasteiger partial charge in [-0.25, -0.2) is 0 Å². The van der Waals surface area contributed by atoms with E-state index in [2.05, 4.69) is 13.8 Å². The molecule has 0 saturated carbocycles. The lowest BCUT2D eigenvalue weighted by Gasteiger charge is -2.10.